The first-order chi connectivity index (χ1) is 4.96. The Bertz CT molecular complexity index is 295. The van der Waals surface area contributed by atoms with Crippen molar-refractivity contribution in [2.75, 3.05) is 0 Å². The van der Waals surface area contributed by atoms with Gasteiger partial charge in [0.05, 0.1) is 0 Å². The van der Waals surface area contributed by atoms with E-state index in [1.165, 1.54) is 0 Å². The minimum Gasteiger partial charge on any atom is -0.302 e. The number of alkyl halides is 3. The first kappa shape index (κ1) is 11.8. The Balaban J connectivity index is 4.83. The van der Waals surface area contributed by atoms with Gasteiger partial charge in [-0.2, -0.15) is 25.6 Å². The number of phosphoric acid groups is 1. The minimum absolute atomic E-state index is 2.50. The van der Waals surface area contributed by atoms with Crippen LogP contribution in [0.2, 0.25) is 0 Å². The van der Waals surface area contributed by atoms with Crippen LogP contribution in [-0.4, -0.2) is 23.7 Å². The molecule has 11 heteroatoms. The van der Waals surface area contributed by atoms with Crippen molar-refractivity contribution in [3.63, 3.8) is 0 Å². The molecule has 0 spiro atoms. The van der Waals surface area contributed by atoms with E-state index in [4.69, 9.17) is 9.79 Å². The lowest BCUT2D eigenvalue weighted by atomic mass is 11.6. The molecule has 0 radical (unpaired) electrons. The van der Waals surface area contributed by atoms with Gasteiger partial charge in [0.1, 0.15) is 0 Å². The SMILES string of the molecule is O=P(O)(O)OS(=O)(=O)C(F)(F)F. The second-order valence-electron chi connectivity index (χ2n) is 1.46. The van der Waals surface area contributed by atoms with Gasteiger partial charge in [0.2, 0.25) is 0 Å². The molecule has 0 aromatic carbocycles. The van der Waals surface area contributed by atoms with Gasteiger partial charge < -0.3 is 9.79 Å². The Hall–Kier alpha value is -0.150. The Morgan fingerprint density at radius 1 is 1.25 bits per heavy atom. The van der Waals surface area contributed by atoms with Crippen molar-refractivity contribution in [1.82, 2.24) is 0 Å². The third kappa shape index (κ3) is 3.50. The molecule has 0 aliphatic carbocycles. The molecule has 0 bridgehead atoms. The zero-order chi connectivity index (χ0) is 10.2. The largest absolute Gasteiger partial charge is 0.523 e. The van der Waals surface area contributed by atoms with Crippen LogP contribution < -0.4 is 0 Å². The molecule has 0 heterocycles. The van der Waals surface area contributed by atoms with Gasteiger partial charge in [-0.1, -0.05) is 0 Å². The van der Waals surface area contributed by atoms with Gasteiger partial charge in [0.15, 0.2) is 0 Å². The Labute approximate surface area is 64.3 Å². The van der Waals surface area contributed by atoms with Crippen LogP contribution in [0.3, 0.4) is 0 Å². The van der Waals surface area contributed by atoms with Gasteiger partial charge in [-0.15, -0.1) is 0 Å². The van der Waals surface area contributed by atoms with Crippen LogP contribution >= 0.6 is 7.82 Å². The van der Waals surface area contributed by atoms with Gasteiger partial charge >= 0.3 is 23.4 Å². The zero-order valence-electron chi connectivity index (χ0n) is 5.02. The summed E-state index contributed by atoms with van der Waals surface area (Å²) in [6.45, 7) is 0. The zero-order valence-corrected chi connectivity index (χ0v) is 6.73. The molecule has 0 saturated heterocycles. The first-order valence-corrected chi connectivity index (χ1v) is 4.97. The summed E-state index contributed by atoms with van der Waals surface area (Å²) in [4.78, 5) is 15.5. The van der Waals surface area contributed by atoms with E-state index in [-0.39, 0.29) is 0 Å². The van der Waals surface area contributed by atoms with Gasteiger partial charge in [-0.25, -0.2) is 4.57 Å². The summed E-state index contributed by atoms with van der Waals surface area (Å²) in [7, 11) is -11.9. The molecule has 0 unspecified atom stereocenters. The molecular weight excluding hydrogens is 228 g/mol. The number of halogens is 3. The molecule has 74 valence electrons. The highest BCUT2D eigenvalue weighted by Gasteiger charge is 2.50. The summed E-state index contributed by atoms with van der Waals surface area (Å²) >= 11 is 0. The molecule has 0 atom stereocenters. The van der Waals surface area contributed by atoms with Crippen molar-refractivity contribution < 1.29 is 39.9 Å². The minimum atomic E-state index is -6.22. The van der Waals surface area contributed by atoms with Crippen molar-refractivity contribution in [2.45, 2.75) is 5.51 Å². The highest BCUT2D eigenvalue weighted by molar-refractivity contribution is 7.91. The summed E-state index contributed by atoms with van der Waals surface area (Å²) in [6, 6.07) is 0. The lowest BCUT2D eigenvalue weighted by molar-refractivity contribution is -0.0509. The highest BCUT2D eigenvalue weighted by Crippen LogP contribution is 2.42. The maximum absolute atomic E-state index is 11.3. The van der Waals surface area contributed by atoms with Crippen LogP contribution in [0.1, 0.15) is 0 Å². The third-order valence-corrected chi connectivity index (χ3v) is 2.61. The van der Waals surface area contributed by atoms with Crippen LogP contribution in [0.4, 0.5) is 13.2 Å². The molecule has 0 aromatic heterocycles. The van der Waals surface area contributed by atoms with E-state index >= 15 is 0 Å². The van der Waals surface area contributed by atoms with E-state index in [0.29, 0.717) is 0 Å². The quantitative estimate of drug-likeness (QED) is 0.509. The first-order valence-electron chi connectivity index (χ1n) is 2.04. The highest BCUT2D eigenvalue weighted by atomic mass is 32.2. The van der Waals surface area contributed by atoms with Crippen LogP contribution in [-0.2, 0) is 18.7 Å². The summed E-state index contributed by atoms with van der Waals surface area (Å²) in [5, 5.41) is 0. The van der Waals surface area contributed by atoms with E-state index in [9.17, 15) is 26.2 Å². The number of rotatable bonds is 2. The summed E-state index contributed by atoms with van der Waals surface area (Å²) in [6.07, 6.45) is 0. The molecule has 0 aromatic rings. The fraction of sp³-hybridized carbons (Fsp3) is 1.00. The van der Waals surface area contributed by atoms with Crippen molar-refractivity contribution >= 4 is 17.9 Å². The second-order valence-corrected chi connectivity index (χ2v) is 4.41. The van der Waals surface area contributed by atoms with Gasteiger partial charge in [-0.05, 0) is 0 Å². The van der Waals surface area contributed by atoms with Gasteiger partial charge in [-0.3, -0.25) is 0 Å². The Morgan fingerprint density at radius 3 is 1.67 bits per heavy atom. The molecule has 2 N–H and O–H groups in total. The maximum Gasteiger partial charge on any atom is 0.523 e. The summed E-state index contributed by atoms with van der Waals surface area (Å²) in [5.41, 5.74) is -5.84. The summed E-state index contributed by atoms with van der Waals surface area (Å²) in [5.74, 6) is 0. The molecule has 0 fully saturated rings. The van der Waals surface area contributed by atoms with Crippen LogP contribution in [0.5, 0.6) is 0 Å². The van der Waals surface area contributed by atoms with E-state index in [0.717, 1.165) is 0 Å². The van der Waals surface area contributed by atoms with E-state index in [2.05, 4.69) is 3.97 Å². The lowest BCUT2D eigenvalue weighted by Gasteiger charge is -2.07. The van der Waals surface area contributed by atoms with Crippen molar-refractivity contribution in [2.24, 2.45) is 0 Å². The van der Waals surface area contributed by atoms with Crippen LogP contribution in [0.15, 0.2) is 0 Å². The molecule has 0 aliphatic heterocycles. The topological polar surface area (TPSA) is 101 Å². The molecule has 0 rings (SSSR count). The maximum atomic E-state index is 11.3. The van der Waals surface area contributed by atoms with E-state index in [1.54, 1.807) is 0 Å². The molecule has 0 saturated carbocycles. The van der Waals surface area contributed by atoms with Crippen LogP contribution in [0, 0.1) is 0 Å². The number of hydrogen-bond acceptors (Lipinski definition) is 4. The van der Waals surface area contributed by atoms with Crippen LogP contribution in [0.25, 0.3) is 0 Å². The van der Waals surface area contributed by atoms with E-state index in [1.807, 2.05) is 0 Å². The van der Waals surface area contributed by atoms with Gasteiger partial charge in [0.25, 0.3) is 0 Å². The second kappa shape index (κ2) is 2.96. The van der Waals surface area contributed by atoms with Crippen molar-refractivity contribution in [1.29, 1.82) is 0 Å². The molecule has 0 amide bonds. The molecule has 12 heavy (non-hydrogen) atoms. The molecule has 0 aliphatic rings. The average Bonchev–Trinajstić information content (AvgIpc) is 1.52. The molecule has 6 nitrogen and oxygen atoms in total. The number of hydrogen-bond donors (Lipinski definition) is 2. The monoisotopic (exact) mass is 230 g/mol. The molecular formula is CH2F3O6PS. The fourth-order valence-electron chi connectivity index (χ4n) is 0.170. The predicted molar refractivity (Wildman–Crippen MR) is 28.1 cm³/mol. The van der Waals surface area contributed by atoms with Crippen molar-refractivity contribution in [3.05, 3.63) is 0 Å². The smallest absolute Gasteiger partial charge is 0.302 e. The summed E-state index contributed by atoms with van der Waals surface area (Å²) < 4.78 is 65.8. The standard InChI is InChI=1S/CH2F3O6PS/c2-1(3,4)12(8,9)10-11(5,6)7/h(H2,5,6,7). The Kier molecular flexibility index (Phi) is 2.93. The predicted octanol–water partition coefficient (Wildman–Crippen LogP) is -0.0547. The fourth-order valence-corrected chi connectivity index (χ4v) is 1.53. The Morgan fingerprint density at radius 2 is 1.58 bits per heavy atom. The third-order valence-electron chi connectivity index (χ3n) is 0.479. The normalized spacial score (nSPS) is 14.8. The lowest BCUT2D eigenvalue weighted by Crippen LogP contribution is -2.24. The van der Waals surface area contributed by atoms with Crippen molar-refractivity contribution in [3.8, 4) is 0 Å². The average molecular weight is 230 g/mol. The van der Waals surface area contributed by atoms with E-state index < -0.39 is 23.4 Å². The van der Waals surface area contributed by atoms with Gasteiger partial charge in [0, 0.05) is 0 Å².